The molecule has 1 aliphatic heterocycles. The molecule has 3 aromatic rings. The zero-order valence-electron chi connectivity index (χ0n) is 16.7. The lowest BCUT2D eigenvalue weighted by atomic mass is 9.90. The first-order valence-electron chi connectivity index (χ1n) is 10.5. The Morgan fingerprint density at radius 3 is 2.53 bits per heavy atom. The maximum Gasteiger partial charge on any atom is 0.257 e. The van der Waals surface area contributed by atoms with Crippen LogP contribution in [0, 0.1) is 0 Å². The molecule has 5 rings (SSSR count). The van der Waals surface area contributed by atoms with Gasteiger partial charge in [0, 0.05) is 35.2 Å². The topological polar surface area (TPSA) is 62.3 Å². The monoisotopic (exact) mass is 417 g/mol. The van der Waals surface area contributed by atoms with Crippen molar-refractivity contribution >= 4 is 34.0 Å². The fourth-order valence-corrected chi connectivity index (χ4v) is 4.95. The van der Waals surface area contributed by atoms with E-state index in [-0.39, 0.29) is 11.8 Å². The molecular weight excluding hydrogens is 394 g/mol. The molecule has 2 aromatic carbocycles. The minimum absolute atomic E-state index is 0.143. The van der Waals surface area contributed by atoms with Crippen molar-refractivity contribution in [3.8, 4) is 11.3 Å². The molecule has 6 heteroatoms. The number of nitrogens with one attached hydrogen (secondary N) is 1. The normalized spacial score (nSPS) is 15.9. The standard InChI is InChI=1S/C24H23N3O2S/c28-22-6-3-13-27(22)20-11-9-17(10-12-20)23(29)26-24-25-21(15-30-24)19-8-7-16-4-1-2-5-18(16)14-19/h7-12,14-15H,1-6,13H2,(H,25,26,29). The molecule has 30 heavy (non-hydrogen) atoms. The number of rotatable bonds is 4. The van der Waals surface area contributed by atoms with Crippen LogP contribution in [0.2, 0.25) is 0 Å². The summed E-state index contributed by atoms with van der Waals surface area (Å²) in [6.45, 7) is 0.745. The van der Waals surface area contributed by atoms with Crippen LogP contribution in [0.1, 0.15) is 47.2 Å². The third-order valence-electron chi connectivity index (χ3n) is 5.88. The van der Waals surface area contributed by atoms with E-state index in [9.17, 15) is 9.59 Å². The molecule has 0 unspecified atom stereocenters. The highest BCUT2D eigenvalue weighted by molar-refractivity contribution is 7.14. The van der Waals surface area contributed by atoms with E-state index in [1.807, 2.05) is 17.5 Å². The van der Waals surface area contributed by atoms with E-state index in [2.05, 4.69) is 28.5 Å². The molecule has 1 N–H and O–H groups in total. The summed E-state index contributed by atoms with van der Waals surface area (Å²) in [6, 6.07) is 13.8. The number of carbonyl (C=O) groups is 2. The Bertz CT molecular complexity index is 1100. The van der Waals surface area contributed by atoms with Crippen molar-refractivity contribution in [3.05, 3.63) is 64.5 Å². The van der Waals surface area contributed by atoms with E-state index in [4.69, 9.17) is 0 Å². The van der Waals surface area contributed by atoms with Crippen molar-refractivity contribution in [2.24, 2.45) is 0 Å². The van der Waals surface area contributed by atoms with E-state index in [1.165, 1.54) is 41.7 Å². The second kappa shape index (κ2) is 8.03. The number of hydrogen-bond acceptors (Lipinski definition) is 4. The molecule has 152 valence electrons. The fraction of sp³-hybridized carbons (Fsp3) is 0.292. The van der Waals surface area contributed by atoms with Gasteiger partial charge in [-0.15, -0.1) is 11.3 Å². The Kier molecular flexibility index (Phi) is 5.09. The van der Waals surface area contributed by atoms with Crippen LogP contribution in [-0.2, 0) is 17.6 Å². The van der Waals surface area contributed by atoms with E-state index in [1.54, 1.807) is 17.0 Å². The second-order valence-corrected chi connectivity index (χ2v) is 8.74. The molecule has 0 atom stereocenters. The van der Waals surface area contributed by atoms with Crippen LogP contribution in [0.15, 0.2) is 47.8 Å². The van der Waals surface area contributed by atoms with E-state index in [0.717, 1.165) is 36.3 Å². The summed E-state index contributed by atoms with van der Waals surface area (Å²) in [5, 5.41) is 5.47. The van der Waals surface area contributed by atoms with Crippen molar-refractivity contribution in [3.63, 3.8) is 0 Å². The number of nitrogens with zero attached hydrogens (tertiary/aromatic N) is 2. The zero-order valence-corrected chi connectivity index (χ0v) is 17.5. The molecule has 2 amide bonds. The minimum Gasteiger partial charge on any atom is -0.312 e. The predicted octanol–water partition coefficient (Wildman–Crippen LogP) is 5.07. The number of aryl methyl sites for hydroxylation is 2. The van der Waals surface area contributed by atoms with Crippen LogP contribution in [0.4, 0.5) is 10.8 Å². The summed E-state index contributed by atoms with van der Waals surface area (Å²) in [5.74, 6) is -0.0506. The molecule has 1 aromatic heterocycles. The number of anilines is 2. The van der Waals surface area contributed by atoms with Gasteiger partial charge in [-0.1, -0.05) is 12.1 Å². The van der Waals surface area contributed by atoms with Crippen molar-refractivity contribution in [2.45, 2.75) is 38.5 Å². The minimum atomic E-state index is -0.194. The van der Waals surface area contributed by atoms with Crippen LogP contribution >= 0.6 is 11.3 Å². The Balaban J connectivity index is 1.28. The van der Waals surface area contributed by atoms with Crippen molar-refractivity contribution < 1.29 is 9.59 Å². The SMILES string of the molecule is O=C(Nc1nc(-c2ccc3c(c2)CCCC3)cs1)c1ccc(N2CCCC2=O)cc1. The third kappa shape index (κ3) is 3.75. The van der Waals surface area contributed by atoms with Crippen LogP contribution in [-0.4, -0.2) is 23.3 Å². The van der Waals surface area contributed by atoms with Gasteiger partial charge < -0.3 is 4.90 Å². The Morgan fingerprint density at radius 1 is 0.967 bits per heavy atom. The van der Waals surface area contributed by atoms with Gasteiger partial charge in [-0.25, -0.2) is 4.98 Å². The summed E-state index contributed by atoms with van der Waals surface area (Å²) in [6.07, 6.45) is 6.30. The first-order chi connectivity index (χ1) is 14.7. The molecule has 5 nitrogen and oxygen atoms in total. The molecule has 2 aliphatic rings. The number of thiazole rings is 1. The highest BCUT2D eigenvalue weighted by atomic mass is 32.1. The van der Waals surface area contributed by atoms with Gasteiger partial charge in [0.2, 0.25) is 5.91 Å². The number of benzene rings is 2. The smallest absolute Gasteiger partial charge is 0.257 e. The summed E-state index contributed by atoms with van der Waals surface area (Å²) >= 11 is 1.43. The fourth-order valence-electron chi connectivity index (χ4n) is 4.24. The third-order valence-corrected chi connectivity index (χ3v) is 6.64. The van der Waals surface area contributed by atoms with Gasteiger partial charge in [0.25, 0.3) is 5.91 Å². The maximum absolute atomic E-state index is 12.6. The largest absolute Gasteiger partial charge is 0.312 e. The van der Waals surface area contributed by atoms with Crippen LogP contribution in [0.3, 0.4) is 0 Å². The molecule has 2 heterocycles. The zero-order chi connectivity index (χ0) is 20.5. The van der Waals surface area contributed by atoms with Gasteiger partial charge >= 0.3 is 0 Å². The lowest BCUT2D eigenvalue weighted by Crippen LogP contribution is -2.23. The molecule has 0 radical (unpaired) electrons. The van der Waals surface area contributed by atoms with Crippen LogP contribution in [0.25, 0.3) is 11.3 Å². The number of aromatic nitrogens is 1. The molecule has 1 aliphatic carbocycles. The van der Waals surface area contributed by atoms with Crippen molar-refractivity contribution in [1.29, 1.82) is 0 Å². The van der Waals surface area contributed by atoms with Crippen LogP contribution in [0.5, 0.6) is 0 Å². The summed E-state index contributed by atoms with van der Waals surface area (Å²) < 4.78 is 0. The van der Waals surface area contributed by atoms with E-state index in [0.29, 0.717) is 17.1 Å². The number of amides is 2. The Morgan fingerprint density at radius 2 is 1.77 bits per heavy atom. The highest BCUT2D eigenvalue weighted by Gasteiger charge is 2.22. The van der Waals surface area contributed by atoms with E-state index < -0.39 is 0 Å². The maximum atomic E-state index is 12.6. The van der Waals surface area contributed by atoms with Gasteiger partial charge in [0.1, 0.15) is 0 Å². The molecule has 0 saturated carbocycles. The average Bonchev–Trinajstić information content (AvgIpc) is 3.42. The number of hydrogen-bond donors (Lipinski definition) is 1. The lowest BCUT2D eigenvalue weighted by Gasteiger charge is -2.16. The Hall–Kier alpha value is -2.99. The van der Waals surface area contributed by atoms with Gasteiger partial charge in [-0.05, 0) is 73.6 Å². The second-order valence-electron chi connectivity index (χ2n) is 7.88. The number of fused-ring (bicyclic) bond motifs is 1. The van der Waals surface area contributed by atoms with E-state index >= 15 is 0 Å². The van der Waals surface area contributed by atoms with Gasteiger partial charge in [0.15, 0.2) is 5.13 Å². The Labute approximate surface area is 179 Å². The molecule has 1 saturated heterocycles. The number of carbonyl (C=O) groups excluding carboxylic acids is 2. The summed E-state index contributed by atoms with van der Waals surface area (Å²) in [5.41, 5.74) is 6.27. The first kappa shape index (κ1) is 19.0. The van der Waals surface area contributed by atoms with Gasteiger partial charge in [-0.2, -0.15) is 0 Å². The lowest BCUT2D eigenvalue weighted by molar-refractivity contribution is -0.117. The summed E-state index contributed by atoms with van der Waals surface area (Å²) in [7, 11) is 0. The quantitative estimate of drug-likeness (QED) is 0.645. The van der Waals surface area contributed by atoms with Crippen molar-refractivity contribution in [1.82, 2.24) is 4.98 Å². The average molecular weight is 418 g/mol. The van der Waals surface area contributed by atoms with Gasteiger partial charge in [0.05, 0.1) is 5.69 Å². The van der Waals surface area contributed by atoms with Crippen molar-refractivity contribution in [2.75, 3.05) is 16.8 Å². The molecule has 0 spiro atoms. The molecule has 0 bridgehead atoms. The molecular formula is C24H23N3O2S. The first-order valence-corrected chi connectivity index (χ1v) is 11.3. The summed E-state index contributed by atoms with van der Waals surface area (Å²) in [4.78, 5) is 30.9. The van der Waals surface area contributed by atoms with Crippen LogP contribution < -0.4 is 10.2 Å². The predicted molar refractivity (Wildman–Crippen MR) is 120 cm³/mol. The molecule has 1 fully saturated rings. The highest BCUT2D eigenvalue weighted by Crippen LogP contribution is 2.30. The van der Waals surface area contributed by atoms with Gasteiger partial charge in [-0.3, -0.25) is 14.9 Å².